The van der Waals surface area contributed by atoms with Gasteiger partial charge in [0.15, 0.2) is 5.82 Å². The molecule has 1 aromatic heterocycles. The third-order valence-electron chi connectivity index (χ3n) is 3.68. The number of carbonyl (C=O) groups excluding carboxylic acids is 1. The highest BCUT2D eigenvalue weighted by molar-refractivity contribution is 5.89. The zero-order valence-electron chi connectivity index (χ0n) is 12.7. The number of hydrogen-bond donors (Lipinski definition) is 2. The van der Waals surface area contributed by atoms with Crippen LogP contribution >= 0.6 is 0 Å². The largest absolute Gasteiger partial charge is 0.334 e. The van der Waals surface area contributed by atoms with Gasteiger partial charge in [-0.25, -0.2) is 0 Å². The topological polar surface area (TPSA) is 83.3 Å². The molecule has 1 unspecified atom stereocenters. The fourth-order valence-corrected chi connectivity index (χ4v) is 2.51. The van der Waals surface area contributed by atoms with Crippen molar-refractivity contribution in [3.05, 3.63) is 30.1 Å². The molecule has 1 atom stereocenters. The third kappa shape index (κ3) is 3.15. The lowest BCUT2D eigenvalue weighted by Crippen LogP contribution is -2.44. The number of benzene rings is 1. The number of hydrogen-bond acceptors (Lipinski definition) is 6. The van der Waals surface area contributed by atoms with Crippen molar-refractivity contribution in [2.45, 2.75) is 13.0 Å². The van der Waals surface area contributed by atoms with Crippen LogP contribution in [0.4, 0.5) is 5.69 Å². The minimum absolute atomic E-state index is 0.113. The Balaban J connectivity index is 1.82. The summed E-state index contributed by atoms with van der Waals surface area (Å²) in [4.78, 5) is 17.8. The fourth-order valence-electron chi connectivity index (χ4n) is 2.51. The van der Waals surface area contributed by atoms with Crippen LogP contribution < -0.4 is 10.6 Å². The third-order valence-corrected chi connectivity index (χ3v) is 3.68. The Labute approximate surface area is 128 Å². The molecule has 7 heteroatoms. The van der Waals surface area contributed by atoms with Crippen molar-refractivity contribution < 1.29 is 9.32 Å². The Morgan fingerprint density at radius 2 is 2.36 bits per heavy atom. The van der Waals surface area contributed by atoms with Crippen LogP contribution in [-0.4, -0.2) is 47.6 Å². The lowest BCUT2D eigenvalue weighted by atomic mass is 10.2. The van der Waals surface area contributed by atoms with E-state index in [1.807, 2.05) is 24.3 Å². The van der Waals surface area contributed by atoms with Crippen molar-refractivity contribution in [1.29, 1.82) is 0 Å². The van der Waals surface area contributed by atoms with Gasteiger partial charge in [0.1, 0.15) is 0 Å². The van der Waals surface area contributed by atoms with Crippen LogP contribution in [0.3, 0.4) is 0 Å². The molecule has 2 heterocycles. The highest BCUT2D eigenvalue weighted by atomic mass is 16.5. The number of anilines is 1. The van der Waals surface area contributed by atoms with Gasteiger partial charge in [-0.15, -0.1) is 0 Å². The summed E-state index contributed by atoms with van der Waals surface area (Å²) < 4.78 is 5.38. The first kappa shape index (κ1) is 14.7. The van der Waals surface area contributed by atoms with E-state index in [0.29, 0.717) is 17.4 Å². The summed E-state index contributed by atoms with van der Waals surface area (Å²) in [5.41, 5.74) is 1.50. The molecule has 0 aliphatic carbocycles. The summed E-state index contributed by atoms with van der Waals surface area (Å²) >= 11 is 0. The number of amides is 1. The number of nitrogens with zero attached hydrogens (tertiary/aromatic N) is 3. The molecule has 22 heavy (non-hydrogen) atoms. The average Bonchev–Trinajstić information content (AvgIpc) is 2.97. The molecule has 2 aromatic rings. The molecule has 1 fully saturated rings. The molecule has 7 nitrogen and oxygen atoms in total. The summed E-state index contributed by atoms with van der Waals surface area (Å²) in [5.74, 6) is 1.02. The molecule has 0 radical (unpaired) electrons. The molecule has 1 aliphatic heterocycles. The average molecular weight is 301 g/mol. The fraction of sp³-hybridized carbons (Fsp3) is 0.400. The van der Waals surface area contributed by atoms with Crippen LogP contribution in [-0.2, 0) is 4.79 Å². The standard InChI is InChI=1S/C15H19N5O2/c1-10(21)17-12-5-3-4-11(8-12)15-18-14(19-22-15)13-9-16-6-7-20(13)2/h3-5,8,13,16H,6-7,9H2,1-2H3,(H,17,21). The van der Waals surface area contributed by atoms with E-state index in [4.69, 9.17) is 4.52 Å². The van der Waals surface area contributed by atoms with E-state index in [-0.39, 0.29) is 11.9 Å². The first-order chi connectivity index (χ1) is 10.6. The smallest absolute Gasteiger partial charge is 0.258 e. The quantitative estimate of drug-likeness (QED) is 0.888. The van der Waals surface area contributed by atoms with Gasteiger partial charge < -0.3 is 15.2 Å². The van der Waals surface area contributed by atoms with Crippen molar-refractivity contribution in [2.75, 3.05) is 32.0 Å². The van der Waals surface area contributed by atoms with Crippen LogP contribution in [0.1, 0.15) is 18.8 Å². The monoisotopic (exact) mass is 301 g/mol. The number of nitrogens with one attached hydrogen (secondary N) is 2. The molecule has 0 bridgehead atoms. The number of rotatable bonds is 3. The highest BCUT2D eigenvalue weighted by Gasteiger charge is 2.25. The summed E-state index contributed by atoms with van der Waals surface area (Å²) in [6.45, 7) is 4.20. The van der Waals surface area contributed by atoms with Crippen molar-refractivity contribution in [3.63, 3.8) is 0 Å². The van der Waals surface area contributed by atoms with E-state index < -0.39 is 0 Å². The Morgan fingerprint density at radius 1 is 1.50 bits per heavy atom. The zero-order chi connectivity index (χ0) is 15.5. The summed E-state index contributed by atoms with van der Waals surface area (Å²) in [6, 6.07) is 7.48. The van der Waals surface area contributed by atoms with Crippen LogP contribution in [0.5, 0.6) is 0 Å². The van der Waals surface area contributed by atoms with E-state index in [2.05, 4.69) is 32.7 Å². The summed E-state index contributed by atoms with van der Waals surface area (Å²) in [7, 11) is 2.05. The normalized spacial score (nSPS) is 19.1. The molecule has 1 amide bonds. The molecule has 1 aliphatic rings. The molecule has 116 valence electrons. The number of carbonyl (C=O) groups is 1. The van der Waals surface area contributed by atoms with E-state index in [9.17, 15) is 4.79 Å². The molecule has 1 aromatic carbocycles. The minimum Gasteiger partial charge on any atom is -0.334 e. The van der Waals surface area contributed by atoms with E-state index in [0.717, 1.165) is 25.2 Å². The molecule has 2 N–H and O–H groups in total. The second kappa shape index (κ2) is 6.25. The van der Waals surface area contributed by atoms with Gasteiger partial charge in [-0.2, -0.15) is 4.98 Å². The van der Waals surface area contributed by atoms with E-state index in [1.165, 1.54) is 6.92 Å². The van der Waals surface area contributed by atoms with Crippen molar-refractivity contribution in [2.24, 2.45) is 0 Å². The van der Waals surface area contributed by atoms with Gasteiger partial charge in [-0.1, -0.05) is 11.2 Å². The lowest BCUT2D eigenvalue weighted by Gasteiger charge is -2.30. The Morgan fingerprint density at radius 3 is 3.14 bits per heavy atom. The molecule has 0 spiro atoms. The van der Waals surface area contributed by atoms with Crippen molar-refractivity contribution >= 4 is 11.6 Å². The van der Waals surface area contributed by atoms with Gasteiger partial charge in [-0.05, 0) is 25.2 Å². The van der Waals surface area contributed by atoms with Gasteiger partial charge in [0, 0.05) is 37.8 Å². The second-order valence-electron chi connectivity index (χ2n) is 5.42. The Hall–Kier alpha value is -2.25. The maximum atomic E-state index is 11.1. The highest BCUT2D eigenvalue weighted by Crippen LogP contribution is 2.24. The minimum atomic E-state index is -0.113. The van der Waals surface area contributed by atoms with Crippen LogP contribution in [0.25, 0.3) is 11.5 Å². The number of aromatic nitrogens is 2. The molecular formula is C15H19N5O2. The predicted octanol–water partition coefficient (Wildman–Crippen LogP) is 1.27. The van der Waals surface area contributed by atoms with E-state index in [1.54, 1.807) is 0 Å². The van der Waals surface area contributed by atoms with Gasteiger partial charge >= 0.3 is 0 Å². The SMILES string of the molecule is CC(=O)Nc1cccc(-c2nc(C3CNCCN3C)no2)c1. The second-order valence-corrected chi connectivity index (χ2v) is 5.42. The first-order valence-corrected chi connectivity index (χ1v) is 7.26. The van der Waals surface area contributed by atoms with Gasteiger partial charge in [0.2, 0.25) is 5.91 Å². The predicted molar refractivity (Wildman–Crippen MR) is 82.3 cm³/mol. The van der Waals surface area contributed by atoms with Crippen molar-refractivity contribution in [1.82, 2.24) is 20.4 Å². The zero-order valence-corrected chi connectivity index (χ0v) is 12.7. The van der Waals surface area contributed by atoms with Crippen LogP contribution in [0, 0.1) is 0 Å². The number of likely N-dealkylation sites (N-methyl/N-ethyl adjacent to an activating group) is 1. The Bertz CT molecular complexity index is 669. The first-order valence-electron chi connectivity index (χ1n) is 7.26. The van der Waals surface area contributed by atoms with Gasteiger partial charge in [0.25, 0.3) is 5.89 Å². The summed E-state index contributed by atoms with van der Waals surface area (Å²) in [6.07, 6.45) is 0. The number of piperazine rings is 1. The van der Waals surface area contributed by atoms with Gasteiger partial charge in [0.05, 0.1) is 6.04 Å². The van der Waals surface area contributed by atoms with Gasteiger partial charge in [-0.3, -0.25) is 9.69 Å². The maximum Gasteiger partial charge on any atom is 0.258 e. The van der Waals surface area contributed by atoms with E-state index >= 15 is 0 Å². The molecule has 0 saturated carbocycles. The van der Waals surface area contributed by atoms with Crippen LogP contribution in [0.15, 0.2) is 28.8 Å². The maximum absolute atomic E-state index is 11.1. The molecule has 3 rings (SSSR count). The molecular weight excluding hydrogens is 282 g/mol. The van der Waals surface area contributed by atoms with Crippen LogP contribution in [0.2, 0.25) is 0 Å². The summed E-state index contributed by atoms with van der Waals surface area (Å²) in [5, 5.41) is 10.2. The Kier molecular flexibility index (Phi) is 4.17. The van der Waals surface area contributed by atoms with Crippen molar-refractivity contribution in [3.8, 4) is 11.5 Å². The molecule has 1 saturated heterocycles. The lowest BCUT2D eigenvalue weighted by molar-refractivity contribution is -0.114.